The van der Waals surface area contributed by atoms with Crippen LogP contribution in [-0.2, 0) is 28.1 Å². The average Bonchev–Trinajstić information content (AvgIpc) is 2.65. The monoisotopic (exact) mass is 476 g/mol. The minimum absolute atomic E-state index is 0.275. The summed E-state index contributed by atoms with van der Waals surface area (Å²) in [6.07, 6.45) is 8.48. The Morgan fingerprint density at radius 2 is 1.03 bits per heavy atom. The van der Waals surface area contributed by atoms with Gasteiger partial charge in [0.25, 0.3) is 0 Å². The maximum Gasteiger partial charge on any atom is 0.191 e. The van der Waals surface area contributed by atoms with Crippen molar-refractivity contribution >= 4 is 16.6 Å². The largest absolute Gasteiger partial charge is 0.417 e. The molecular formula is C28H52O2Si2. The smallest absolute Gasteiger partial charge is 0.191 e. The van der Waals surface area contributed by atoms with E-state index >= 15 is 0 Å². The van der Waals surface area contributed by atoms with Crippen molar-refractivity contribution < 1.29 is 8.85 Å². The molecule has 0 bridgehead atoms. The van der Waals surface area contributed by atoms with Crippen molar-refractivity contribution in [3.63, 3.8) is 0 Å². The SMILES string of the molecule is C=CCCc1cc(CCCO[Si](C)(C)C(C)(C)C)cc(CCCO[Si](C)(C)C(C)(C)C)c1. The lowest BCUT2D eigenvalue weighted by molar-refractivity contribution is 0.282. The lowest BCUT2D eigenvalue weighted by Gasteiger charge is -2.36. The van der Waals surface area contributed by atoms with Crippen LogP contribution in [0.1, 0.15) is 77.5 Å². The molecule has 0 unspecified atom stereocenters. The van der Waals surface area contributed by atoms with Gasteiger partial charge in [-0.2, -0.15) is 0 Å². The summed E-state index contributed by atoms with van der Waals surface area (Å²) in [5.74, 6) is 0. The van der Waals surface area contributed by atoms with Crippen molar-refractivity contribution in [2.75, 3.05) is 13.2 Å². The molecule has 0 fully saturated rings. The third kappa shape index (κ3) is 9.66. The molecule has 0 heterocycles. The van der Waals surface area contributed by atoms with Gasteiger partial charge in [0.2, 0.25) is 0 Å². The van der Waals surface area contributed by atoms with Crippen LogP contribution in [0.15, 0.2) is 30.9 Å². The molecule has 1 rings (SSSR count). The second-order valence-electron chi connectivity index (χ2n) is 12.4. The van der Waals surface area contributed by atoms with E-state index in [1.165, 1.54) is 16.7 Å². The molecule has 0 saturated carbocycles. The molecule has 184 valence electrons. The van der Waals surface area contributed by atoms with E-state index in [2.05, 4.69) is 92.5 Å². The van der Waals surface area contributed by atoms with Gasteiger partial charge in [-0.25, -0.2) is 0 Å². The second kappa shape index (κ2) is 12.1. The molecule has 0 spiro atoms. The Balaban J connectivity index is 2.70. The summed E-state index contributed by atoms with van der Waals surface area (Å²) in [6, 6.07) is 7.20. The van der Waals surface area contributed by atoms with E-state index in [4.69, 9.17) is 8.85 Å². The van der Waals surface area contributed by atoms with E-state index in [0.717, 1.165) is 51.7 Å². The number of hydrogen-bond donors (Lipinski definition) is 0. The first-order valence-electron chi connectivity index (χ1n) is 12.6. The zero-order chi connectivity index (χ0) is 24.6. The van der Waals surface area contributed by atoms with E-state index in [9.17, 15) is 0 Å². The van der Waals surface area contributed by atoms with Crippen LogP contribution in [0.4, 0.5) is 0 Å². The third-order valence-corrected chi connectivity index (χ3v) is 16.6. The summed E-state index contributed by atoms with van der Waals surface area (Å²) in [4.78, 5) is 0. The zero-order valence-corrected chi connectivity index (χ0v) is 25.0. The summed E-state index contributed by atoms with van der Waals surface area (Å²) in [6.45, 7) is 28.8. The molecule has 0 aliphatic carbocycles. The lowest BCUT2D eigenvalue weighted by Crippen LogP contribution is -2.41. The van der Waals surface area contributed by atoms with Gasteiger partial charge in [-0.1, -0.05) is 65.8 Å². The highest BCUT2D eigenvalue weighted by molar-refractivity contribution is 6.74. The van der Waals surface area contributed by atoms with Gasteiger partial charge < -0.3 is 8.85 Å². The Kier molecular flexibility index (Phi) is 11.1. The molecule has 2 nitrogen and oxygen atoms in total. The van der Waals surface area contributed by atoms with Crippen LogP contribution in [0, 0.1) is 0 Å². The van der Waals surface area contributed by atoms with Gasteiger partial charge in [-0.3, -0.25) is 0 Å². The standard InChI is InChI=1S/C28H52O2Si2/c1-12-13-16-24-21-25(17-14-19-29-31(8,9)27(2,3)4)23-26(22-24)18-15-20-30-32(10,11)28(5,6)7/h12,21-23H,1,13-20H2,2-11H3. The molecule has 0 amide bonds. The van der Waals surface area contributed by atoms with E-state index in [0.29, 0.717) is 0 Å². The number of rotatable bonds is 13. The first-order valence-corrected chi connectivity index (χ1v) is 18.4. The minimum Gasteiger partial charge on any atom is -0.417 e. The van der Waals surface area contributed by atoms with E-state index in [-0.39, 0.29) is 10.1 Å². The van der Waals surface area contributed by atoms with Gasteiger partial charge in [-0.15, -0.1) is 6.58 Å². The number of allylic oxidation sites excluding steroid dienone is 1. The highest BCUT2D eigenvalue weighted by Crippen LogP contribution is 2.37. The van der Waals surface area contributed by atoms with Crippen LogP contribution in [0.5, 0.6) is 0 Å². The molecule has 1 aromatic carbocycles. The lowest BCUT2D eigenvalue weighted by atomic mass is 9.97. The molecule has 0 atom stereocenters. The summed E-state index contributed by atoms with van der Waals surface area (Å²) in [5, 5.41) is 0.550. The average molecular weight is 477 g/mol. The van der Waals surface area contributed by atoms with Gasteiger partial charge in [0, 0.05) is 13.2 Å². The van der Waals surface area contributed by atoms with Gasteiger partial charge in [0.15, 0.2) is 16.6 Å². The van der Waals surface area contributed by atoms with Crippen molar-refractivity contribution in [3.05, 3.63) is 47.5 Å². The van der Waals surface area contributed by atoms with Crippen LogP contribution in [-0.4, -0.2) is 29.8 Å². The van der Waals surface area contributed by atoms with E-state index in [1.807, 2.05) is 6.08 Å². The van der Waals surface area contributed by atoms with Crippen LogP contribution in [0.25, 0.3) is 0 Å². The quantitative estimate of drug-likeness (QED) is 0.161. The van der Waals surface area contributed by atoms with Gasteiger partial charge in [0.1, 0.15) is 0 Å². The minimum atomic E-state index is -1.66. The maximum atomic E-state index is 6.39. The van der Waals surface area contributed by atoms with Crippen molar-refractivity contribution in [1.82, 2.24) is 0 Å². The van der Waals surface area contributed by atoms with Crippen molar-refractivity contribution in [1.29, 1.82) is 0 Å². The number of benzene rings is 1. The summed E-state index contributed by atoms with van der Waals surface area (Å²) in [7, 11) is -3.31. The highest BCUT2D eigenvalue weighted by atomic mass is 28.4. The summed E-state index contributed by atoms with van der Waals surface area (Å²) < 4.78 is 12.8. The van der Waals surface area contributed by atoms with E-state index < -0.39 is 16.6 Å². The molecule has 0 N–H and O–H groups in total. The fourth-order valence-electron chi connectivity index (χ4n) is 3.18. The maximum absolute atomic E-state index is 6.39. The molecule has 0 saturated heterocycles. The van der Waals surface area contributed by atoms with Crippen molar-refractivity contribution in [2.45, 2.75) is 116 Å². The topological polar surface area (TPSA) is 18.5 Å². The molecule has 0 radical (unpaired) electrons. The Morgan fingerprint density at radius 1 is 0.688 bits per heavy atom. The highest BCUT2D eigenvalue weighted by Gasteiger charge is 2.37. The molecule has 4 heteroatoms. The normalized spacial score (nSPS) is 13.4. The third-order valence-electron chi connectivity index (χ3n) is 7.51. The van der Waals surface area contributed by atoms with Gasteiger partial charge in [0.05, 0.1) is 0 Å². The second-order valence-corrected chi connectivity index (χ2v) is 22.0. The fraction of sp³-hybridized carbons (Fsp3) is 0.714. The van der Waals surface area contributed by atoms with E-state index in [1.54, 1.807) is 0 Å². The molecule has 0 aromatic heterocycles. The molecule has 0 aliphatic rings. The molecule has 0 aliphatic heterocycles. The van der Waals surface area contributed by atoms with Crippen molar-refractivity contribution in [2.24, 2.45) is 0 Å². The Bertz CT molecular complexity index is 657. The Hall–Kier alpha value is -0.686. The van der Waals surface area contributed by atoms with Crippen molar-refractivity contribution in [3.8, 4) is 0 Å². The first-order chi connectivity index (χ1) is 14.6. The molecule has 32 heavy (non-hydrogen) atoms. The van der Waals surface area contributed by atoms with Crippen LogP contribution in [0.2, 0.25) is 36.3 Å². The number of aryl methyl sites for hydroxylation is 3. The van der Waals surface area contributed by atoms with Gasteiger partial charge in [-0.05, 0) is 91.5 Å². The summed E-state index contributed by atoms with van der Waals surface area (Å²) >= 11 is 0. The summed E-state index contributed by atoms with van der Waals surface area (Å²) in [5.41, 5.74) is 4.34. The Labute approximate surface area is 202 Å². The zero-order valence-electron chi connectivity index (χ0n) is 23.0. The molecular weight excluding hydrogens is 424 g/mol. The predicted octanol–water partition coefficient (Wildman–Crippen LogP) is 8.71. The fourth-order valence-corrected chi connectivity index (χ4v) is 5.36. The van der Waals surface area contributed by atoms with Crippen LogP contribution in [0.3, 0.4) is 0 Å². The first kappa shape index (κ1) is 29.3. The van der Waals surface area contributed by atoms with Gasteiger partial charge >= 0.3 is 0 Å². The van der Waals surface area contributed by atoms with Crippen LogP contribution < -0.4 is 0 Å². The number of hydrogen-bond acceptors (Lipinski definition) is 2. The molecule has 1 aromatic rings. The van der Waals surface area contributed by atoms with Crippen LogP contribution >= 0.6 is 0 Å². The predicted molar refractivity (Wildman–Crippen MR) is 148 cm³/mol. The Morgan fingerprint density at radius 3 is 1.34 bits per heavy atom.